The molecule has 1 aromatic carbocycles. The molecule has 1 aromatic rings. The van der Waals surface area contributed by atoms with E-state index in [1.54, 1.807) is 19.2 Å². The highest BCUT2D eigenvalue weighted by atomic mass is 16.5. The molecule has 2 atom stereocenters. The number of amides is 1. The number of hydrogen-bond donors (Lipinski definition) is 2. The molecule has 2 unspecified atom stereocenters. The summed E-state index contributed by atoms with van der Waals surface area (Å²) >= 11 is 0. The first-order valence-electron chi connectivity index (χ1n) is 7.03. The summed E-state index contributed by atoms with van der Waals surface area (Å²) in [6.07, 6.45) is 1.71. The number of phenols is 1. The molecule has 2 aliphatic rings. The van der Waals surface area contributed by atoms with Crippen LogP contribution in [-0.4, -0.2) is 48.3 Å². The van der Waals surface area contributed by atoms with Crippen LogP contribution < -0.4 is 5.32 Å². The molecule has 2 aliphatic heterocycles. The van der Waals surface area contributed by atoms with Crippen molar-refractivity contribution in [2.45, 2.75) is 31.5 Å². The molecule has 0 spiro atoms. The van der Waals surface area contributed by atoms with Crippen molar-refractivity contribution in [3.8, 4) is 5.75 Å². The number of aromatic hydroxyl groups is 1. The summed E-state index contributed by atoms with van der Waals surface area (Å²) in [6, 6.07) is 5.27. The Balaban J connectivity index is 1.69. The second-order valence-corrected chi connectivity index (χ2v) is 5.52. The van der Waals surface area contributed by atoms with Crippen molar-refractivity contribution in [1.82, 2.24) is 10.2 Å². The molecule has 3 rings (SSSR count). The van der Waals surface area contributed by atoms with E-state index in [1.807, 2.05) is 11.0 Å². The fraction of sp³-hybridized carbons (Fsp3) is 0.533. The summed E-state index contributed by atoms with van der Waals surface area (Å²) in [5, 5.41) is 12.8. The highest BCUT2D eigenvalue weighted by Crippen LogP contribution is 2.24. The van der Waals surface area contributed by atoms with Crippen LogP contribution >= 0.6 is 0 Å². The first-order chi connectivity index (χ1) is 9.67. The largest absolute Gasteiger partial charge is 0.508 e. The van der Waals surface area contributed by atoms with Gasteiger partial charge >= 0.3 is 0 Å². The smallest absolute Gasteiger partial charge is 0.240 e. The number of ether oxygens (including phenoxy) is 1. The van der Waals surface area contributed by atoms with Gasteiger partial charge in [-0.15, -0.1) is 0 Å². The van der Waals surface area contributed by atoms with Crippen LogP contribution in [-0.2, 0) is 22.5 Å². The van der Waals surface area contributed by atoms with Gasteiger partial charge in [0, 0.05) is 26.7 Å². The van der Waals surface area contributed by atoms with E-state index in [2.05, 4.69) is 5.32 Å². The summed E-state index contributed by atoms with van der Waals surface area (Å²) < 4.78 is 5.28. The summed E-state index contributed by atoms with van der Waals surface area (Å²) in [6.45, 7) is 2.06. The van der Waals surface area contributed by atoms with E-state index in [0.29, 0.717) is 6.54 Å². The van der Waals surface area contributed by atoms with Gasteiger partial charge in [0.15, 0.2) is 0 Å². The van der Waals surface area contributed by atoms with E-state index < -0.39 is 0 Å². The third-order valence-electron chi connectivity index (χ3n) is 4.24. The number of rotatable bonds is 2. The molecular weight excluding hydrogens is 256 g/mol. The van der Waals surface area contributed by atoms with E-state index in [1.165, 1.54) is 5.56 Å². The van der Waals surface area contributed by atoms with Crippen LogP contribution in [0.15, 0.2) is 18.2 Å². The highest BCUT2D eigenvalue weighted by molar-refractivity contribution is 5.82. The Kier molecular flexibility index (Phi) is 3.63. The minimum atomic E-state index is -0.140. The number of methoxy groups -OCH3 is 1. The molecule has 108 valence electrons. The van der Waals surface area contributed by atoms with Gasteiger partial charge < -0.3 is 20.1 Å². The lowest BCUT2D eigenvalue weighted by atomic mass is 9.98. The van der Waals surface area contributed by atoms with Crippen molar-refractivity contribution >= 4 is 5.91 Å². The van der Waals surface area contributed by atoms with Gasteiger partial charge in [-0.3, -0.25) is 4.79 Å². The molecule has 2 heterocycles. The molecule has 0 aliphatic carbocycles. The first-order valence-corrected chi connectivity index (χ1v) is 7.03. The quantitative estimate of drug-likeness (QED) is 0.833. The Labute approximate surface area is 118 Å². The number of phenolic OH excluding ortho intramolecular Hbond substituents is 1. The van der Waals surface area contributed by atoms with Crippen molar-refractivity contribution in [2.75, 3.05) is 20.2 Å². The maximum Gasteiger partial charge on any atom is 0.240 e. The van der Waals surface area contributed by atoms with E-state index in [0.717, 1.165) is 31.5 Å². The zero-order chi connectivity index (χ0) is 14.1. The number of carbonyl (C=O) groups excluding carboxylic acids is 1. The molecule has 2 N–H and O–H groups in total. The van der Waals surface area contributed by atoms with Crippen LogP contribution in [0.1, 0.15) is 17.5 Å². The predicted molar refractivity (Wildman–Crippen MR) is 74.4 cm³/mol. The second-order valence-electron chi connectivity index (χ2n) is 5.52. The molecule has 1 fully saturated rings. The molecule has 5 heteroatoms. The van der Waals surface area contributed by atoms with Crippen LogP contribution in [0, 0.1) is 0 Å². The topological polar surface area (TPSA) is 61.8 Å². The van der Waals surface area contributed by atoms with E-state index >= 15 is 0 Å². The van der Waals surface area contributed by atoms with Crippen LogP contribution in [0.25, 0.3) is 0 Å². The summed E-state index contributed by atoms with van der Waals surface area (Å²) in [5.74, 6) is 0.398. The Morgan fingerprint density at radius 3 is 3.05 bits per heavy atom. The Hall–Kier alpha value is -1.59. The van der Waals surface area contributed by atoms with Crippen LogP contribution in [0.5, 0.6) is 5.75 Å². The molecule has 0 aromatic heterocycles. The normalized spacial score (nSPS) is 25.6. The number of nitrogens with one attached hydrogen (secondary N) is 1. The SMILES string of the molecule is COC1CNC(C(=O)N2CCc3ccc(O)cc3C2)C1. The number of fused-ring (bicyclic) bond motifs is 1. The second kappa shape index (κ2) is 5.42. The average Bonchev–Trinajstić information content (AvgIpc) is 2.94. The van der Waals surface area contributed by atoms with Gasteiger partial charge in [-0.25, -0.2) is 0 Å². The monoisotopic (exact) mass is 276 g/mol. The number of benzene rings is 1. The van der Waals surface area contributed by atoms with Crippen molar-refractivity contribution in [3.05, 3.63) is 29.3 Å². The van der Waals surface area contributed by atoms with Crippen molar-refractivity contribution < 1.29 is 14.6 Å². The maximum absolute atomic E-state index is 12.5. The minimum absolute atomic E-state index is 0.130. The number of carbonyl (C=O) groups is 1. The molecule has 0 bridgehead atoms. The Morgan fingerprint density at radius 2 is 2.30 bits per heavy atom. The molecule has 0 radical (unpaired) electrons. The molecule has 1 amide bonds. The minimum Gasteiger partial charge on any atom is -0.508 e. The van der Waals surface area contributed by atoms with Gasteiger partial charge in [0.2, 0.25) is 5.91 Å². The lowest BCUT2D eigenvalue weighted by Crippen LogP contribution is -2.45. The number of nitrogens with zero attached hydrogens (tertiary/aromatic N) is 1. The standard InChI is InChI=1S/C15H20N2O3/c1-20-13-7-14(16-8-13)15(19)17-5-4-10-2-3-12(18)6-11(10)9-17/h2-3,6,13-14,16,18H,4-5,7-9H2,1H3. The third kappa shape index (κ3) is 2.51. The van der Waals surface area contributed by atoms with Crippen LogP contribution in [0.4, 0.5) is 0 Å². The lowest BCUT2D eigenvalue weighted by molar-refractivity contribution is -0.134. The zero-order valence-electron chi connectivity index (χ0n) is 11.6. The van der Waals surface area contributed by atoms with E-state index in [4.69, 9.17) is 4.74 Å². The predicted octanol–water partition coefficient (Wildman–Crippen LogP) is 0.654. The van der Waals surface area contributed by atoms with Gasteiger partial charge in [0.25, 0.3) is 0 Å². The number of hydrogen-bond acceptors (Lipinski definition) is 4. The van der Waals surface area contributed by atoms with Crippen molar-refractivity contribution in [3.63, 3.8) is 0 Å². The van der Waals surface area contributed by atoms with Crippen LogP contribution in [0.2, 0.25) is 0 Å². The fourth-order valence-corrected chi connectivity index (χ4v) is 3.02. The third-order valence-corrected chi connectivity index (χ3v) is 4.24. The van der Waals surface area contributed by atoms with Gasteiger partial charge in [-0.1, -0.05) is 6.07 Å². The van der Waals surface area contributed by atoms with Crippen molar-refractivity contribution in [2.24, 2.45) is 0 Å². The molecule has 20 heavy (non-hydrogen) atoms. The summed E-state index contributed by atoms with van der Waals surface area (Å²) in [5.41, 5.74) is 2.27. The molecule has 5 nitrogen and oxygen atoms in total. The maximum atomic E-state index is 12.5. The summed E-state index contributed by atoms with van der Waals surface area (Å²) in [4.78, 5) is 14.4. The van der Waals surface area contributed by atoms with Gasteiger partial charge in [0.05, 0.1) is 12.1 Å². The zero-order valence-corrected chi connectivity index (χ0v) is 11.6. The lowest BCUT2D eigenvalue weighted by Gasteiger charge is -2.31. The average molecular weight is 276 g/mol. The van der Waals surface area contributed by atoms with Gasteiger partial charge in [-0.2, -0.15) is 0 Å². The molecule has 1 saturated heterocycles. The van der Waals surface area contributed by atoms with Gasteiger partial charge in [0.1, 0.15) is 5.75 Å². The Morgan fingerprint density at radius 1 is 1.45 bits per heavy atom. The first kappa shape index (κ1) is 13.4. The van der Waals surface area contributed by atoms with Crippen molar-refractivity contribution in [1.29, 1.82) is 0 Å². The molecular formula is C15H20N2O3. The van der Waals surface area contributed by atoms with Crippen LogP contribution in [0.3, 0.4) is 0 Å². The van der Waals surface area contributed by atoms with E-state index in [-0.39, 0.29) is 23.8 Å². The highest BCUT2D eigenvalue weighted by Gasteiger charge is 2.33. The molecule has 0 saturated carbocycles. The summed E-state index contributed by atoms with van der Waals surface area (Å²) in [7, 11) is 1.68. The van der Waals surface area contributed by atoms with Gasteiger partial charge in [-0.05, 0) is 36.1 Å². The van der Waals surface area contributed by atoms with E-state index in [9.17, 15) is 9.90 Å². The fourth-order valence-electron chi connectivity index (χ4n) is 3.02. The Bertz CT molecular complexity index is 518.